The smallest absolute Gasteiger partial charge is 0.236 e. The number of anilines is 1. The minimum atomic E-state index is 0.154. The second kappa shape index (κ2) is 9.59. The number of hydrogen-bond donors (Lipinski definition) is 0. The third kappa shape index (κ3) is 4.78. The summed E-state index contributed by atoms with van der Waals surface area (Å²) >= 11 is 0. The van der Waals surface area contributed by atoms with E-state index in [0.29, 0.717) is 19.5 Å². The quantitative estimate of drug-likeness (QED) is 0.681. The average Bonchev–Trinajstić information content (AvgIpc) is 2.78. The number of hydrogen-bond acceptors (Lipinski definition) is 5. The number of rotatable bonds is 6. The van der Waals surface area contributed by atoms with Crippen LogP contribution in [0.1, 0.15) is 54.2 Å². The molecule has 2 amide bonds. The summed E-state index contributed by atoms with van der Waals surface area (Å²) < 4.78 is 0. The highest BCUT2D eigenvalue weighted by molar-refractivity contribution is 5.95. The minimum Gasteiger partial charge on any atom is -0.341 e. The van der Waals surface area contributed by atoms with Gasteiger partial charge < -0.3 is 4.90 Å². The van der Waals surface area contributed by atoms with Gasteiger partial charge in [0.05, 0.1) is 6.54 Å². The fraction of sp³-hybridized carbons (Fsp3) is 0.538. The molecule has 3 aliphatic heterocycles. The summed E-state index contributed by atoms with van der Waals surface area (Å²) in [5, 5.41) is 0. The molecule has 0 atom stereocenters. The molecular weight excluding hydrogens is 414 g/mol. The molecule has 5 rings (SSSR count). The van der Waals surface area contributed by atoms with E-state index in [9.17, 15) is 9.59 Å². The predicted octanol–water partition coefficient (Wildman–Crippen LogP) is 2.72. The van der Waals surface area contributed by atoms with E-state index >= 15 is 0 Å². The Bertz CT molecular complexity index is 1010. The molecule has 2 fully saturated rings. The molecule has 7 heteroatoms. The molecule has 0 spiro atoms. The van der Waals surface area contributed by atoms with Crippen LogP contribution in [0.25, 0.3) is 0 Å². The Labute approximate surface area is 195 Å². The second-order valence-electron chi connectivity index (χ2n) is 9.54. The van der Waals surface area contributed by atoms with Crippen LogP contribution in [0.3, 0.4) is 0 Å². The average molecular weight is 448 g/mol. The monoisotopic (exact) mass is 447 g/mol. The van der Waals surface area contributed by atoms with Gasteiger partial charge in [0.15, 0.2) is 0 Å². The lowest BCUT2D eigenvalue weighted by molar-refractivity contribution is -0.136. The summed E-state index contributed by atoms with van der Waals surface area (Å²) in [6.07, 6.45) is 5.09. The summed E-state index contributed by atoms with van der Waals surface area (Å²) in [6, 6.07) is 10.3. The van der Waals surface area contributed by atoms with Crippen LogP contribution in [0.2, 0.25) is 0 Å². The van der Waals surface area contributed by atoms with Crippen LogP contribution in [0.4, 0.5) is 5.82 Å². The third-order valence-electron chi connectivity index (χ3n) is 7.34. The number of aromatic nitrogens is 2. The SMILES string of the molecule is Cc1nc(C2CCN(CC(=O)N3CCC3)CC2)nc2c1CCC(=O)N2CCc1ccccc1. The van der Waals surface area contributed by atoms with Crippen LogP contribution in [0.5, 0.6) is 0 Å². The van der Waals surface area contributed by atoms with Gasteiger partial charge in [-0.2, -0.15) is 0 Å². The van der Waals surface area contributed by atoms with Crippen molar-refractivity contribution in [1.82, 2.24) is 19.8 Å². The van der Waals surface area contributed by atoms with Crippen LogP contribution in [-0.2, 0) is 22.4 Å². The van der Waals surface area contributed by atoms with Gasteiger partial charge in [-0.25, -0.2) is 9.97 Å². The molecule has 0 bridgehead atoms. The maximum atomic E-state index is 12.8. The van der Waals surface area contributed by atoms with Crippen LogP contribution in [0, 0.1) is 6.92 Å². The molecule has 0 aliphatic carbocycles. The fourth-order valence-corrected chi connectivity index (χ4v) is 5.11. The Balaban J connectivity index is 1.28. The number of nitrogens with zero attached hydrogens (tertiary/aromatic N) is 5. The summed E-state index contributed by atoms with van der Waals surface area (Å²) in [5.41, 5.74) is 3.34. The van der Waals surface area contributed by atoms with Crippen molar-refractivity contribution < 1.29 is 9.59 Å². The topological polar surface area (TPSA) is 69.6 Å². The number of carbonyl (C=O) groups excluding carboxylic acids is 2. The van der Waals surface area contributed by atoms with Crippen molar-refractivity contribution in [3.8, 4) is 0 Å². The molecule has 33 heavy (non-hydrogen) atoms. The number of likely N-dealkylation sites (tertiary alicyclic amines) is 2. The van der Waals surface area contributed by atoms with Crippen molar-refractivity contribution in [2.75, 3.05) is 44.2 Å². The van der Waals surface area contributed by atoms with E-state index in [-0.39, 0.29) is 17.7 Å². The zero-order chi connectivity index (χ0) is 22.8. The highest BCUT2D eigenvalue weighted by atomic mass is 16.2. The maximum Gasteiger partial charge on any atom is 0.236 e. The highest BCUT2D eigenvalue weighted by Gasteiger charge is 2.31. The maximum absolute atomic E-state index is 12.8. The first-order valence-electron chi connectivity index (χ1n) is 12.3. The van der Waals surface area contributed by atoms with Gasteiger partial charge in [0.1, 0.15) is 11.6 Å². The lowest BCUT2D eigenvalue weighted by Gasteiger charge is -2.36. The van der Waals surface area contributed by atoms with E-state index in [1.165, 1.54) is 5.56 Å². The van der Waals surface area contributed by atoms with Crippen molar-refractivity contribution in [2.45, 2.75) is 51.4 Å². The van der Waals surface area contributed by atoms with Crippen molar-refractivity contribution >= 4 is 17.6 Å². The minimum absolute atomic E-state index is 0.154. The Hall–Kier alpha value is -2.80. The third-order valence-corrected chi connectivity index (χ3v) is 7.34. The summed E-state index contributed by atoms with van der Waals surface area (Å²) in [6.45, 7) is 6.83. The van der Waals surface area contributed by atoms with E-state index in [2.05, 4.69) is 24.0 Å². The van der Waals surface area contributed by atoms with Gasteiger partial charge in [-0.05, 0) is 57.7 Å². The van der Waals surface area contributed by atoms with Crippen LogP contribution in [-0.4, -0.2) is 70.9 Å². The van der Waals surface area contributed by atoms with Crippen LogP contribution in [0.15, 0.2) is 30.3 Å². The number of amides is 2. The first-order chi connectivity index (χ1) is 16.1. The lowest BCUT2D eigenvalue weighted by Crippen LogP contribution is -2.48. The molecule has 1 aromatic heterocycles. The number of fused-ring (bicyclic) bond motifs is 1. The zero-order valence-electron chi connectivity index (χ0n) is 19.5. The summed E-state index contributed by atoms with van der Waals surface area (Å²) in [7, 11) is 0. The van der Waals surface area contributed by atoms with Crippen LogP contribution < -0.4 is 4.90 Å². The van der Waals surface area contributed by atoms with Crippen molar-refractivity contribution in [3.63, 3.8) is 0 Å². The molecule has 174 valence electrons. The first-order valence-corrected chi connectivity index (χ1v) is 12.3. The van der Waals surface area contributed by atoms with Gasteiger partial charge in [-0.15, -0.1) is 0 Å². The Morgan fingerprint density at radius 1 is 1.03 bits per heavy atom. The molecule has 7 nitrogen and oxygen atoms in total. The lowest BCUT2D eigenvalue weighted by atomic mass is 9.94. The fourth-order valence-electron chi connectivity index (χ4n) is 5.11. The van der Waals surface area contributed by atoms with Crippen LogP contribution >= 0.6 is 0 Å². The first kappa shape index (κ1) is 22.0. The van der Waals surface area contributed by atoms with Gasteiger partial charge in [0, 0.05) is 43.2 Å². The Morgan fingerprint density at radius 3 is 2.48 bits per heavy atom. The highest BCUT2D eigenvalue weighted by Crippen LogP contribution is 2.32. The summed E-state index contributed by atoms with van der Waals surface area (Å²) in [4.78, 5) is 41.1. The molecule has 4 heterocycles. The molecule has 1 aromatic carbocycles. The van der Waals surface area contributed by atoms with Gasteiger partial charge >= 0.3 is 0 Å². The number of carbonyl (C=O) groups is 2. The van der Waals surface area contributed by atoms with E-state index in [0.717, 1.165) is 81.2 Å². The molecule has 0 N–H and O–H groups in total. The zero-order valence-corrected chi connectivity index (χ0v) is 19.5. The van der Waals surface area contributed by atoms with Gasteiger partial charge in [-0.1, -0.05) is 30.3 Å². The largest absolute Gasteiger partial charge is 0.341 e. The van der Waals surface area contributed by atoms with E-state index in [1.54, 1.807) is 0 Å². The van der Waals surface area contributed by atoms with Crippen molar-refractivity contribution in [2.24, 2.45) is 0 Å². The molecule has 0 unspecified atom stereocenters. The van der Waals surface area contributed by atoms with Gasteiger partial charge in [-0.3, -0.25) is 19.4 Å². The summed E-state index contributed by atoms with van der Waals surface area (Å²) in [5.74, 6) is 2.37. The molecule has 2 saturated heterocycles. The van der Waals surface area contributed by atoms with Gasteiger partial charge in [0.2, 0.25) is 11.8 Å². The molecule has 2 aromatic rings. The van der Waals surface area contributed by atoms with E-state index in [1.807, 2.05) is 28.0 Å². The number of aryl methyl sites for hydroxylation is 1. The van der Waals surface area contributed by atoms with Gasteiger partial charge in [0.25, 0.3) is 0 Å². The van der Waals surface area contributed by atoms with Crippen molar-refractivity contribution in [3.05, 3.63) is 53.0 Å². The number of benzene rings is 1. The van der Waals surface area contributed by atoms with E-state index in [4.69, 9.17) is 9.97 Å². The standard InChI is InChI=1S/C26H33N5O2/c1-19-22-8-9-23(32)31(17-10-20-6-3-2-4-7-20)26(22)28-25(27-19)21-11-15-29(16-12-21)18-24(33)30-13-5-14-30/h2-4,6-7,21H,5,8-18H2,1H3. The predicted molar refractivity (Wildman–Crippen MR) is 127 cm³/mol. The molecule has 0 radical (unpaired) electrons. The second-order valence-corrected chi connectivity index (χ2v) is 9.54. The Kier molecular flexibility index (Phi) is 6.40. The Morgan fingerprint density at radius 2 is 1.79 bits per heavy atom. The molecule has 0 saturated carbocycles. The molecule has 3 aliphatic rings. The normalized spacial score (nSPS) is 19.4. The number of piperidine rings is 1. The molecular formula is C26H33N5O2. The van der Waals surface area contributed by atoms with E-state index < -0.39 is 0 Å². The van der Waals surface area contributed by atoms with Crippen molar-refractivity contribution in [1.29, 1.82) is 0 Å².